The molecule has 6 heteroatoms. The molecule has 1 atom stereocenters. The Balaban J connectivity index is 1.51. The molecule has 0 spiro atoms. The number of hydrogen-bond acceptors (Lipinski definition) is 4. The zero-order chi connectivity index (χ0) is 17.6. The second-order valence-electron chi connectivity index (χ2n) is 6.74. The minimum Gasteiger partial charge on any atom is -0.352 e. The van der Waals surface area contributed by atoms with Crippen LogP contribution in [-0.2, 0) is 0 Å². The van der Waals surface area contributed by atoms with Crippen molar-refractivity contribution in [2.24, 2.45) is 0 Å². The van der Waals surface area contributed by atoms with Gasteiger partial charge in [-0.05, 0) is 26.0 Å². The third-order valence-electron chi connectivity index (χ3n) is 4.86. The number of likely N-dealkylation sites (N-methyl/N-ethyl adjacent to an activating group) is 1. The van der Waals surface area contributed by atoms with Crippen molar-refractivity contribution in [2.75, 3.05) is 39.8 Å². The lowest BCUT2D eigenvalue weighted by atomic mass is 10.0. The molecule has 0 aliphatic carbocycles. The number of benzene rings is 1. The number of piperazine rings is 1. The van der Waals surface area contributed by atoms with Gasteiger partial charge in [0, 0.05) is 44.5 Å². The van der Waals surface area contributed by atoms with Crippen molar-refractivity contribution in [1.29, 1.82) is 0 Å². The number of H-pyrrole nitrogens is 1. The van der Waals surface area contributed by atoms with Gasteiger partial charge in [-0.2, -0.15) is 5.10 Å². The number of hydrogen-bond donors (Lipinski definition) is 2. The number of rotatable bonds is 6. The van der Waals surface area contributed by atoms with E-state index in [2.05, 4.69) is 62.7 Å². The summed E-state index contributed by atoms with van der Waals surface area (Å²) >= 11 is 0. The van der Waals surface area contributed by atoms with Gasteiger partial charge in [0.2, 0.25) is 0 Å². The molecule has 3 rings (SSSR count). The van der Waals surface area contributed by atoms with Crippen LogP contribution in [0.1, 0.15) is 34.1 Å². The molecule has 1 aliphatic heterocycles. The van der Waals surface area contributed by atoms with Crippen LogP contribution in [-0.4, -0.2) is 65.7 Å². The van der Waals surface area contributed by atoms with Crippen molar-refractivity contribution in [1.82, 2.24) is 25.3 Å². The fraction of sp³-hybridized carbons (Fsp3) is 0.474. The average Bonchev–Trinajstić information content (AvgIpc) is 3.06. The van der Waals surface area contributed by atoms with Crippen LogP contribution >= 0.6 is 0 Å². The Morgan fingerprint density at radius 2 is 2.12 bits per heavy atom. The molecule has 0 saturated carbocycles. The molecule has 6 nitrogen and oxygen atoms in total. The average molecular weight is 341 g/mol. The second-order valence-corrected chi connectivity index (χ2v) is 6.74. The summed E-state index contributed by atoms with van der Waals surface area (Å²) in [5, 5.41) is 9.69. The van der Waals surface area contributed by atoms with Crippen LogP contribution in [0.5, 0.6) is 0 Å². The Morgan fingerprint density at radius 1 is 1.32 bits per heavy atom. The summed E-state index contributed by atoms with van der Waals surface area (Å²) in [5.74, 6) is -0.0516. The first kappa shape index (κ1) is 17.6. The van der Waals surface area contributed by atoms with Crippen molar-refractivity contribution in [3.63, 3.8) is 0 Å². The van der Waals surface area contributed by atoms with Crippen LogP contribution in [0.15, 0.2) is 36.5 Å². The van der Waals surface area contributed by atoms with Crippen LogP contribution in [0.25, 0.3) is 0 Å². The van der Waals surface area contributed by atoms with Gasteiger partial charge in [-0.1, -0.05) is 30.3 Å². The van der Waals surface area contributed by atoms with E-state index < -0.39 is 0 Å². The van der Waals surface area contributed by atoms with Crippen molar-refractivity contribution in [2.45, 2.75) is 19.4 Å². The molecule has 1 aromatic heterocycles. The van der Waals surface area contributed by atoms with Gasteiger partial charge in [0.1, 0.15) is 0 Å². The van der Waals surface area contributed by atoms with Crippen LogP contribution in [0.4, 0.5) is 0 Å². The number of nitrogens with one attached hydrogen (secondary N) is 2. The number of aromatic amines is 1. The fourth-order valence-corrected chi connectivity index (χ4v) is 3.37. The Kier molecular flexibility index (Phi) is 5.83. The Labute approximate surface area is 149 Å². The van der Waals surface area contributed by atoms with Gasteiger partial charge in [-0.25, -0.2) is 0 Å². The summed E-state index contributed by atoms with van der Waals surface area (Å²) in [4.78, 5) is 17.0. The van der Waals surface area contributed by atoms with E-state index in [-0.39, 0.29) is 5.91 Å². The highest BCUT2D eigenvalue weighted by Crippen LogP contribution is 2.24. The number of amides is 1. The number of carbonyl (C=O) groups excluding carboxylic acids is 1. The van der Waals surface area contributed by atoms with E-state index in [1.54, 1.807) is 6.20 Å². The zero-order valence-electron chi connectivity index (χ0n) is 15.0. The molecule has 1 amide bonds. The minimum absolute atomic E-state index is 0.0516. The molecular weight excluding hydrogens is 314 g/mol. The molecule has 2 N–H and O–H groups in total. The van der Waals surface area contributed by atoms with Crippen LogP contribution in [0.3, 0.4) is 0 Å². The summed E-state index contributed by atoms with van der Waals surface area (Å²) in [7, 11) is 2.18. The highest BCUT2D eigenvalue weighted by Gasteiger charge is 2.25. The smallest absolute Gasteiger partial charge is 0.254 e. The molecule has 1 aliphatic rings. The van der Waals surface area contributed by atoms with Gasteiger partial charge in [0.15, 0.2) is 0 Å². The molecule has 1 fully saturated rings. The third kappa shape index (κ3) is 4.46. The number of aromatic nitrogens is 2. The van der Waals surface area contributed by atoms with Gasteiger partial charge in [0.25, 0.3) is 5.91 Å². The van der Waals surface area contributed by atoms with E-state index >= 15 is 0 Å². The van der Waals surface area contributed by atoms with Crippen LogP contribution < -0.4 is 5.32 Å². The van der Waals surface area contributed by atoms with Gasteiger partial charge < -0.3 is 10.2 Å². The first-order chi connectivity index (χ1) is 12.1. The minimum atomic E-state index is -0.0516. The molecule has 134 valence electrons. The van der Waals surface area contributed by atoms with Gasteiger partial charge >= 0.3 is 0 Å². The SMILES string of the molecule is Cc1[nH]ncc1C(=O)NCCCN1CCN(C)CC1c1ccccc1. The van der Waals surface area contributed by atoms with E-state index in [4.69, 9.17) is 0 Å². The van der Waals surface area contributed by atoms with Crippen molar-refractivity contribution in [3.8, 4) is 0 Å². The molecule has 25 heavy (non-hydrogen) atoms. The summed E-state index contributed by atoms with van der Waals surface area (Å²) in [5.41, 5.74) is 2.80. The summed E-state index contributed by atoms with van der Waals surface area (Å²) < 4.78 is 0. The first-order valence-corrected chi connectivity index (χ1v) is 8.91. The quantitative estimate of drug-likeness (QED) is 0.787. The van der Waals surface area contributed by atoms with Crippen molar-refractivity contribution in [3.05, 3.63) is 53.3 Å². The van der Waals surface area contributed by atoms with Gasteiger partial charge in [-0.15, -0.1) is 0 Å². The lowest BCUT2D eigenvalue weighted by Crippen LogP contribution is -2.47. The number of nitrogens with zero attached hydrogens (tertiary/aromatic N) is 3. The number of carbonyl (C=O) groups is 1. The van der Waals surface area contributed by atoms with Crippen molar-refractivity contribution >= 4 is 5.91 Å². The lowest BCUT2D eigenvalue weighted by molar-refractivity contribution is 0.0865. The Morgan fingerprint density at radius 3 is 2.84 bits per heavy atom. The predicted molar refractivity (Wildman–Crippen MR) is 98.5 cm³/mol. The van der Waals surface area contributed by atoms with E-state index in [1.165, 1.54) is 5.56 Å². The maximum Gasteiger partial charge on any atom is 0.254 e. The van der Waals surface area contributed by atoms with Crippen LogP contribution in [0.2, 0.25) is 0 Å². The molecule has 1 aromatic carbocycles. The molecular formula is C19H27N5O. The van der Waals surface area contributed by atoms with Gasteiger partial charge in [-0.3, -0.25) is 14.8 Å². The van der Waals surface area contributed by atoms with E-state index in [0.717, 1.165) is 38.3 Å². The summed E-state index contributed by atoms with van der Waals surface area (Å²) in [6, 6.07) is 11.1. The molecule has 1 saturated heterocycles. The molecule has 0 radical (unpaired) electrons. The lowest BCUT2D eigenvalue weighted by Gasteiger charge is -2.40. The Bertz CT molecular complexity index is 684. The van der Waals surface area contributed by atoms with Gasteiger partial charge in [0.05, 0.1) is 11.8 Å². The second kappa shape index (κ2) is 8.27. The van der Waals surface area contributed by atoms with Crippen molar-refractivity contribution < 1.29 is 4.79 Å². The molecule has 2 aromatic rings. The normalized spacial score (nSPS) is 19.0. The first-order valence-electron chi connectivity index (χ1n) is 8.91. The summed E-state index contributed by atoms with van der Waals surface area (Å²) in [6.07, 6.45) is 2.52. The maximum atomic E-state index is 12.1. The third-order valence-corrected chi connectivity index (χ3v) is 4.86. The monoisotopic (exact) mass is 341 g/mol. The maximum absolute atomic E-state index is 12.1. The highest BCUT2D eigenvalue weighted by atomic mass is 16.1. The zero-order valence-corrected chi connectivity index (χ0v) is 15.0. The topological polar surface area (TPSA) is 64.3 Å². The largest absolute Gasteiger partial charge is 0.352 e. The van der Waals surface area contributed by atoms with E-state index in [0.29, 0.717) is 18.2 Å². The molecule has 1 unspecified atom stereocenters. The van der Waals surface area contributed by atoms with Crippen LogP contribution in [0, 0.1) is 6.92 Å². The van der Waals surface area contributed by atoms with E-state index in [1.807, 2.05) is 6.92 Å². The summed E-state index contributed by atoms with van der Waals surface area (Å²) in [6.45, 7) is 6.71. The Hall–Kier alpha value is -2.18. The number of aryl methyl sites for hydroxylation is 1. The highest BCUT2D eigenvalue weighted by molar-refractivity contribution is 5.94. The molecule has 2 heterocycles. The fourth-order valence-electron chi connectivity index (χ4n) is 3.37. The predicted octanol–water partition coefficient (Wildman–Crippen LogP) is 1.83. The molecule has 0 bridgehead atoms. The standard InChI is InChI=1S/C19H27N5O/c1-15-17(13-21-22-15)19(25)20-9-6-10-24-12-11-23(2)14-18(24)16-7-4-3-5-8-16/h3-5,7-8,13,18H,6,9-12,14H2,1-2H3,(H,20,25)(H,21,22). The van der Waals surface area contributed by atoms with E-state index in [9.17, 15) is 4.79 Å².